The number of nitrogens with zero attached hydrogens (tertiary/aromatic N) is 3. The van der Waals surface area contributed by atoms with Crippen LogP contribution in [0.4, 0.5) is 19.0 Å². The van der Waals surface area contributed by atoms with Gasteiger partial charge in [0.05, 0.1) is 0 Å². The number of piperidine rings is 1. The monoisotopic (exact) mass is 413 g/mol. The fourth-order valence-corrected chi connectivity index (χ4v) is 4.45. The molecule has 1 aromatic heterocycles. The summed E-state index contributed by atoms with van der Waals surface area (Å²) in [4.78, 5) is 14.9. The van der Waals surface area contributed by atoms with E-state index in [-0.39, 0.29) is 30.1 Å². The Hall–Kier alpha value is -1.77. The maximum absolute atomic E-state index is 13.6. The van der Waals surface area contributed by atoms with Crippen LogP contribution in [0.2, 0.25) is 0 Å². The molecule has 0 radical (unpaired) electrons. The van der Waals surface area contributed by atoms with Gasteiger partial charge in [0.15, 0.2) is 11.7 Å². The molecule has 3 heterocycles. The highest BCUT2D eigenvalue weighted by atomic mass is 19.4. The molecule has 0 unspecified atom stereocenters. The van der Waals surface area contributed by atoms with Gasteiger partial charge in [0, 0.05) is 24.7 Å². The van der Waals surface area contributed by atoms with E-state index in [1.54, 1.807) is 0 Å². The Bertz CT molecular complexity index is 737. The van der Waals surface area contributed by atoms with E-state index in [1.165, 1.54) is 6.07 Å². The zero-order valence-corrected chi connectivity index (χ0v) is 17.0. The Morgan fingerprint density at radius 1 is 1.31 bits per heavy atom. The van der Waals surface area contributed by atoms with E-state index in [9.17, 15) is 18.0 Å². The normalized spacial score (nSPS) is 27.2. The third kappa shape index (κ3) is 4.54. The van der Waals surface area contributed by atoms with Crippen molar-refractivity contribution in [1.82, 2.24) is 20.0 Å². The van der Waals surface area contributed by atoms with Crippen molar-refractivity contribution in [3.63, 3.8) is 0 Å². The number of rotatable bonds is 5. The lowest BCUT2D eigenvalue weighted by Crippen LogP contribution is -2.45. The lowest BCUT2D eigenvalue weighted by Gasteiger charge is -2.34. The van der Waals surface area contributed by atoms with Gasteiger partial charge in [-0.3, -0.25) is 9.69 Å². The Morgan fingerprint density at radius 2 is 2.00 bits per heavy atom. The molecule has 3 aliphatic rings. The minimum atomic E-state index is -4.39. The van der Waals surface area contributed by atoms with E-state index in [0.717, 1.165) is 49.4 Å². The van der Waals surface area contributed by atoms with Crippen molar-refractivity contribution in [2.75, 3.05) is 25.0 Å². The summed E-state index contributed by atoms with van der Waals surface area (Å²) in [5, 5.41) is 10.0. The molecule has 1 amide bonds. The number of anilines is 1. The molecular formula is C20H30F3N5O. The smallest absolute Gasteiger partial charge is 0.367 e. The van der Waals surface area contributed by atoms with E-state index < -0.39 is 18.1 Å². The third-order valence-corrected chi connectivity index (χ3v) is 6.64. The topological polar surface area (TPSA) is 62.2 Å². The molecule has 3 atom stereocenters. The Balaban J connectivity index is 1.41. The predicted octanol–water partition coefficient (Wildman–Crippen LogP) is 3.43. The molecule has 0 spiro atoms. The lowest BCUT2D eigenvalue weighted by molar-refractivity contribution is -0.174. The minimum Gasteiger partial charge on any atom is -0.367 e. The number of halogens is 3. The first kappa shape index (κ1) is 20.5. The molecule has 4 rings (SSSR count). The number of aromatic nitrogens is 2. The van der Waals surface area contributed by atoms with Crippen LogP contribution in [0.15, 0.2) is 6.07 Å². The van der Waals surface area contributed by atoms with Crippen molar-refractivity contribution in [1.29, 1.82) is 0 Å². The molecule has 0 bridgehead atoms. The zero-order valence-electron chi connectivity index (χ0n) is 17.0. The number of carbonyl (C=O) groups excluding carboxylic acids is 1. The highest BCUT2D eigenvalue weighted by Crippen LogP contribution is 2.45. The van der Waals surface area contributed by atoms with Crippen LogP contribution in [0.3, 0.4) is 0 Å². The Labute approximate surface area is 169 Å². The highest BCUT2D eigenvalue weighted by molar-refractivity contribution is 5.93. The third-order valence-electron chi connectivity index (χ3n) is 6.64. The van der Waals surface area contributed by atoms with Gasteiger partial charge < -0.3 is 10.6 Å². The van der Waals surface area contributed by atoms with Crippen molar-refractivity contribution in [3.05, 3.63) is 11.8 Å². The van der Waals surface area contributed by atoms with Gasteiger partial charge in [-0.2, -0.15) is 18.3 Å². The van der Waals surface area contributed by atoms with Crippen molar-refractivity contribution in [2.24, 2.45) is 11.8 Å². The van der Waals surface area contributed by atoms with Gasteiger partial charge in [-0.15, -0.1) is 0 Å². The molecule has 0 aromatic carbocycles. The molecule has 2 fully saturated rings. The lowest BCUT2D eigenvalue weighted by atomic mass is 9.98. The number of hydrogen-bond acceptors (Lipinski definition) is 4. The second kappa shape index (κ2) is 7.81. The van der Waals surface area contributed by atoms with Crippen LogP contribution in [-0.2, 0) is 0 Å². The summed E-state index contributed by atoms with van der Waals surface area (Å²) in [6, 6.07) is -0.247. The summed E-state index contributed by atoms with van der Waals surface area (Å²) in [7, 11) is 0. The highest BCUT2D eigenvalue weighted by Gasteiger charge is 2.49. The van der Waals surface area contributed by atoms with Crippen molar-refractivity contribution in [3.8, 4) is 0 Å². The van der Waals surface area contributed by atoms with E-state index in [2.05, 4.69) is 34.5 Å². The molecule has 1 aliphatic carbocycles. The predicted molar refractivity (Wildman–Crippen MR) is 104 cm³/mol. The van der Waals surface area contributed by atoms with E-state index in [4.69, 9.17) is 0 Å². The molecule has 1 saturated heterocycles. The van der Waals surface area contributed by atoms with Crippen LogP contribution in [0.1, 0.15) is 62.5 Å². The van der Waals surface area contributed by atoms with Crippen molar-refractivity contribution in [2.45, 2.75) is 70.3 Å². The first-order chi connectivity index (χ1) is 13.7. The van der Waals surface area contributed by atoms with Crippen LogP contribution in [0.5, 0.6) is 0 Å². The molecule has 2 N–H and O–H groups in total. The van der Waals surface area contributed by atoms with Gasteiger partial charge in [-0.1, -0.05) is 6.92 Å². The Kier molecular flexibility index (Phi) is 5.52. The first-order valence-corrected chi connectivity index (χ1v) is 10.7. The van der Waals surface area contributed by atoms with Crippen LogP contribution in [-0.4, -0.2) is 58.5 Å². The average molecular weight is 413 g/mol. The van der Waals surface area contributed by atoms with Crippen molar-refractivity contribution >= 4 is 11.7 Å². The summed E-state index contributed by atoms with van der Waals surface area (Å²) >= 11 is 0. The second-order valence-electron chi connectivity index (χ2n) is 9.02. The number of carbonyl (C=O) groups is 1. The summed E-state index contributed by atoms with van der Waals surface area (Å²) < 4.78 is 41.7. The van der Waals surface area contributed by atoms with Crippen LogP contribution < -0.4 is 10.6 Å². The number of hydrogen-bond donors (Lipinski definition) is 2. The summed E-state index contributed by atoms with van der Waals surface area (Å²) in [6.45, 7) is 6.79. The van der Waals surface area contributed by atoms with Gasteiger partial charge in [-0.05, 0) is 64.0 Å². The van der Waals surface area contributed by atoms with E-state index in [0.29, 0.717) is 12.4 Å². The average Bonchev–Trinajstić information content (AvgIpc) is 3.43. The van der Waals surface area contributed by atoms with Gasteiger partial charge in [0.1, 0.15) is 5.82 Å². The minimum absolute atomic E-state index is 0.0334. The van der Waals surface area contributed by atoms with Crippen LogP contribution in [0.25, 0.3) is 0 Å². The SMILES string of the molecule is CC1CCN([C@@H](C)CNC(=O)c2cc3n(n2)[C@@H](C(F)(F)F)C[C@@H](C2CC2)N3)CC1. The first-order valence-electron chi connectivity index (χ1n) is 10.7. The zero-order chi connectivity index (χ0) is 20.8. The standard InChI is InChI=1S/C20H30F3N5O/c1-12-5-7-27(8-6-12)13(2)11-24-19(29)16-10-18-25-15(14-3-4-14)9-17(20(21,22)23)28(18)26-16/h10,12-15,17,25H,3-9,11H2,1-2H3,(H,24,29)/t13-,15-,17+/m0/s1. The summed E-state index contributed by atoms with van der Waals surface area (Å²) in [5.41, 5.74) is 0.0395. The number of amides is 1. The van der Waals surface area contributed by atoms with Gasteiger partial charge in [-0.25, -0.2) is 4.68 Å². The quantitative estimate of drug-likeness (QED) is 0.777. The number of fused-ring (bicyclic) bond motifs is 1. The fraction of sp³-hybridized carbons (Fsp3) is 0.800. The summed E-state index contributed by atoms with van der Waals surface area (Å²) in [6.07, 6.45) is -0.205. The molecule has 6 nitrogen and oxygen atoms in total. The number of alkyl halides is 3. The van der Waals surface area contributed by atoms with Gasteiger partial charge >= 0.3 is 6.18 Å². The number of nitrogens with one attached hydrogen (secondary N) is 2. The van der Waals surface area contributed by atoms with Crippen molar-refractivity contribution < 1.29 is 18.0 Å². The Morgan fingerprint density at radius 3 is 2.62 bits per heavy atom. The van der Waals surface area contributed by atoms with Gasteiger partial charge in [0.25, 0.3) is 5.91 Å². The van der Waals surface area contributed by atoms with Gasteiger partial charge in [0.2, 0.25) is 0 Å². The maximum Gasteiger partial charge on any atom is 0.410 e. The molecule has 29 heavy (non-hydrogen) atoms. The molecule has 1 saturated carbocycles. The molecule has 1 aromatic rings. The molecular weight excluding hydrogens is 383 g/mol. The summed E-state index contributed by atoms with van der Waals surface area (Å²) in [5.74, 6) is 0.890. The van der Waals surface area contributed by atoms with E-state index in [1.807, 2.05) is 0 Å². The molecule has 2 aliphatic heterocycles. The largest absolute Gasteiger partial charge is 0.410 e. The molecule has 9 heteroatoms. The maximum atomic E-state index is 13.6. The second-order valence-corrected chi connectivity index (χ2v) is 9.02. The van der Waals surface area contributed by atoms with E-state index >= 15 is 0 Å². The number of likely N-dealkylation sites (tertiary alicyclic amines) is 1. The molecule has 162 valence electrons. The van der Waals surface area contributed by atoms with Crippen LogP contribution in [0, 0.1) is 11.8 Å². The van der Waals surface area contributed by atoms with Crippen LogP contribution >= 0.6 is 0 Å². The fourth-order valence-electron chi connectivity index (χ4n) is 4.45.